The first-order valence-corrected chi connectivity index (χ1v) is 10.7. The van der Waals surface area contributed by atoms with E-state index in [2.05, 4.69) is 21.2 Å². The number of para-hydroxylation sites is 1. The molecule has 0 aromatic heterocycles. The number of nitrogens with one attached hydrogen (secondary N) is 1. The van der Waals surface area contributed by atoms with E-state index in [-0.39, 0.29) is 17.9 Å². The van der Waals surface area contributed by atoms with Crippen molar-refractivity contribution in [2.75, 3.05) is 4.90 Å². The highest BCUT2D eigenvalue weighted by Crippen LogP contribution is 2.27. The second kappa shape index (κ2) is 9.67. The summed E-state index contributed by atoms with van der Waals surface area (Å²) < 4.78 is 6.61. The van der Waals surface area contributed by atoms with E-state index < -0.39 is 22.8 Å². The molecule has 4 rings (SSSR count). The van der Waals surface area contributed by atoms with Crippen LogP contribution in [0.5, 0.6) is 5.75 Å². The molecule has 3 aromatic rings. The van der Waals surface area contributed by atoms with Crippen LogP contribution in [0, 0.1) is 10.1 Å². The third kappa shape index (κ3) is 4.86. The summed E-state index contributed by atoms with van der Waals surface area (Å²) in [5.74, 6) is -1.18. The Bertz CT molecular complexity index is 1320. The van der Waals surface area contributed by atoms with Gasteiger partial charge < -0.3 is 4.74 Å². The zero-order chi connectivity index (χ0) is 24.2. The number of amides is 4. The van der Waals surface area contributed by atoms with Gasteiger partial charge in [0, 0.05) is 22.2 Å². The van der Waals surface area contributed by atoms with E-state index in [1.807, 2.05) is 0 Å². The minimum absolute atomic E-state index is 0.0272. The van der Waals surface area contributed by atoms with Gasteiger partial charge in [-0.2, -0.15) is 0 Å². The second-order valence-electron chi connectivity index (χ2n) is 7.18. The molecule has 0 saturated carbocycles. The number of benzene rings is 3. The van der Waals surface area contributed by atoms with Crippen molar-refractivity contribution in [3.63, 3.8) is 0 Å². The number of imide groups is 2. The topological polar surface area (TPSA) is 119 Å². The maximum absolute atomic E-state index is 13.1. The molecular formula is C24H16BrN3O6. The molecule has 0 spiro atoms. The number of nitro benzene ring substituents is 1. The van der Waals surface area contributed by atoms with Gasteiger partial charge in [-0.3, -0.25) is 25.0 Å². The minimum Gasteiger partial charge on any atom is -0.488 e. The lowest BCUT2D eigenvalue weighted by Crippen LogP contribution is -2.54. The van der Waals surface area contributed by atoms with Crippen LogP contribution in [0.4, 0.5) is 16.2 Å². The average Bonchev–Trinajstić information content (AvgIpc) is 2.82. The number of non-ortho nitro benzene ring substituents is 1. The Morgan fingerprint density at radius 2 is 1.65 bits per heavy atom. The Balaban J connectivity index is 1.59. The molecule has 10 heteroatoms. The van der Waals surface area contributed by atoms with Gasteiger partial charge in [-0.05, 0) is 54.1 Å². The molecule has 4 amide bonds. The number of nitrogens with zero attached hydrogens (tertiary/aromatic N) is 2. The molecule has 9 nitrogen and oxygen atoms in total. The molecule has 0 aliphatic carbocycles. The van der Waals surface area contributed by atoms with Crippen molar-refractivity contribution in [2.45, 2.75) is 6.61 Å². The molecule has 1 fully saturated rings. The van der Waals surface area contributed by atoms with Crippen LogP contribution in [0.15, 0.2) is 82.8 Å². The first kappa shape index (κ1) is 22.9. The molecule has 0 radical (unpaired) electrons. The number of urea groups is 1. The third-order valence-electron chi connectivity index (χ3n) is 4.95. The van der Waals surface area contributed by atoms with E-state index in [0.29, 0.717) is 22.6 Å². The molecule has 1 aliphatic heterocycles. The summed E-state index contributed by atoms with van der Waals surface area (Å²) in [6, 6.07) is 18.4. The molecule has 1 saturated heterocycles. The largest absolute Gasteiger partial charge is 0.488 e. The maximum Gasteiger partial charge on any atom is 0.335 e. The second-order valence-corrected chi connectivity index (χ2v) is 8.10. The minimum atomic E-state index is -0.836. The summed E-state index contributed by atoms with van der Waals surface area (Å²) in [5.41, 5.74) is 1.21. The summed E-state index contributed by atoms with van der Waals surface area (Å²) in [5, 5.41) is 13.0. The van der Waals surface area contributed by atoms with E-state index >= 15 is 0 Å². The Morgan fingerprint density at radius 3 is 2.32 bits per heavy atom. The quantitative estimate of drug-likeness (QED) is 0.219. The maximum atomic E-state index is 13.1. The number of carbonyl (C=O) groups excluding carboxylic acids is 3. The number of anilines is 1. The monoisotopic (exact) mass is 521 g/mol. The average molecular weight is 522 g/mol. The number of barbiturate groups is 1. The van der Waals surface area contributed by atoms with Crippen molar-refractivity contribution in [3.05, 3.63) is 104 Å². The Morgan fingerprint density at radius 1 is 0.971 bits per heavy atom. The zero-order valence-electron chi connectivity index (χ0n) is 17.4. The summed E-state index contributed by atoms with van der Waals surface area (Å²) in [6.07, 6.45) is 1.36. The van der Waals surface area contributed by atoms with Crippen LogP contribution >= 0.6 is 15.9 Å². The van der Waals surface area contributed by atoms with Gasteiger partial charge in [0.15, 0.2) is 0 Å². The van der Waals surface area contributed by atoms with Crippen LogP contribution in [0.1, 0.15) is 11.1 Å². The molecule has 34 heavy (non-hydrogen) atoms. The smallest absolute Gasteiger partial charge is 0.335 e. The normalized spacial score (nSPS) is 14.8. The fourth-order valence-corrected chi connectivity index (χ4v) is 3.51. The van der Waals surface area contributed by atoms with Crippen molar-refractivity contribution in [2.24, 2.45) is 0 Å². The van der Waals surface area contributed by atoms with Crippen LogP contribution in [0.3, 0.4) is 0 Å². The molecule has 0 atom stereocenters. The standard InChI is InChI=1S/C24H16BrN3O6/c25-17-7-11-18(12-8-17)27-23(30)20(22(29)26-24(27)31)13-16-3-1-2-4-21(16)34-14-15-5-9-19(10-6-15)28(32)33/h1-13H,14H2,(H,26,29,31)/b20-13+. The van der Waals surface area contributed by atoms with Gasteiger partial charge in [0.2, 0.25) is 0 Å². The molecule has 0 unspecified atom stereocenters. The fraction of sp³-hybridized carbons (Fsp3) is 0.0417. The van der Waals surface area contributed by atoms with E-state index in [1.54, 1.807) is 60.7 Å². The number of ether oxygens (including phenoxy) is 1. The molecule has 170 valence electrons. The molecule has 3 aromatic carbocycles. The predicted molar refractivity (Wildman–Crippen MR) is 127 cm³/mol. The SMILES string of the molecule is O=C1NC(=O)N(c2ccc(Br)cc2)C(=O)/C1=C/c1ccccc1OCc1ccc([N+](=O)[O-])cc1. The first-order valence-electron chi connectivity index (χ1n) is 9.95. The predicted octanol–water partition coefficient (Wildman–Crippen LogP) is 4.60. The van der Waals surface area contributed by atoms with E-state index in [1.165, 1.54) is 18.2 Å². The highest BCUT2D eigenvalue weighted by atomic mass is 79.9. The van der Waals surface area contributed by atoms with Crippen molar-refractivity contribution in [1.29, 1.82) is 0 Å². The van der Waals surface area contributed by atoms with Gasteiger partial charge in [-0.1, -0.05) is 34.1 Å². The summed E-state index contributed by atoms with van der Waals surface area (Å²) in [6.45, 7) is 0.113. The summed E-state index contributed by atoms with van der Waals surface area (Å²) >= 11 is 3.30. The van der Waals surface area contributed by atoms with Crippen LogP contribution in [-0.2, 0) is 16.2 Å². The van der Waals surface area contributed by atoms with E-state index in [9.17, 15) is 24.5 Å². The molecule has 1 heterocycles. The summed E-state index contributed by atoms with van der Waals surface area (Å²) in [7, 11) is 0. The van der Waals surface area contributed by atoms with Crippen molar-refractivity contribution in [1.82, 2.24) is 5.32 Å². The lowest BCUT2D eigenvalue weighted by Gasteiger charge is -2.26. The summed E-state index contributed by atoms with van der Waals surface area (Å²) in [4.78, 5) is 49.1. The van der Waals surface area contributed by atoms with Crippen LogP contribution in [-0.4, -0.2) is 22.8 Å². The van der Waals surface area contributed by atoms with Crippen molar-refractivity contribution in [3.8, 4) is 5.75 Å². The van der Waals surface area contributed by atoms with Crippen molar-refractivity contribution < 1.29 is 24.0 Å². The van der Waals surface area contributed by atoms with Crippen LogP contribution < -0.4 is 15.0 Å². The number of rotatable bonds is 6. The highest BCUT2D eigenvalue weighted by molar-refractivity contribution is 9.10. The number of carbonyl (C=O) groups is 3. The number of halogens is 1. The Hall–Kier alpha value is -4.31. The Labute approximate surface area is 201 Å². The van der Waals surface area contributed by atoms with Gasteiger partial charge in [-0.25, -0.2) is 9.69 Å². The first-order chi connectivity index (χ1) is 16.3. The number of hydrogen-bond donors (Lipinski definition) is 1. The molecule has 1 N–H and O–H groups in total. The van der Waals surface area contributed by atoms with Crippen molar-refractivity contribution >= 4 is 51.2 Å². The number of nitro groups is 1. The van der Waals surface area contributed by atoms with E-state index in [0.717, 1.165) is 9.37 Å². The van der Waals surface area contributed by atoms with Gasteiger partial charge >= 0.3 is 6.03 Å². The lowest BCUT2D eigenvalue weighted by atomic mass is 10.1. The van der Waals surface area contributed by atoms with Crippen LogP contribution in [0.25, 0.3) is 6.08 Å². The third-order valence-corrected chi connectivity index (χ3v) is 5.48. The van der Waals surface area contributed by atoms with Gasteiger partial charge in [0.05, 0.1) is 10.6 Å². The van der Waals surface area contributed by atoms with Gasteiger partial charge in [-0.15, -0.1) is 0 Å². The van der Waals surface area contributed by atoms with E-state index in [4.69, 9.17) is 4.74 Å². The fourth-order valence-electron chi connectivity index (χ4n) is 3.24. The van der Waals surface area contributed by atoms with Gasteiger partial charge in [0.25, 0.3) is 17.5 Å². The zero-order valence-corrected chi connectivity index (χ0v) is 19.0. The van der Waals surface area contributed by atoms with Crippen LogP contribution in [0.2, 0.25) is 0 Å². The highest BCUT2D eigenvalue weighted by Gasteiger charge is 2.36. The molecule has 1 aliphatic rings. The lowest BCUT2D eigenvalue weighted by molar-refractivity contribution is -0.384. The Kier molecular flexibility index (Phi) is 6.51. The van der Waals surface area contributed by atoms with Gasteiger partial charge in [0.1, 0.15) is 17.9 Å². The number of hydrogen-bond acceptors (Lipinski definition) is 6. The molecular weight excluding hydrogens is 506 g/mol. The molecule has 0 bridgehead atoms.